The normalized spacial score (nSPS) is 12.8. The van der Waals surface area contributed by atoms with E-state index in [2.05, 4.69) is 22.0 Å². The number of aromatic hydroxyl groups is 1. The molecular weight excluding hydrogens is 580 g/mol. The average molecular weight is 629 g/mol. The molecule has 0 aliphatic carbocycles. The number of hydrogen-bond donors (Lipinski definition) is 4. The van der Waals surface area contributed by atoms with Gasteiger partial charge in [0.15, 0.2) is 0 Å². The van der Waals surface area contributed by atoms with E-state index in [4.69, 9.17) is 0 Å². The lowest BCUT2D eigenvalue weighted by Gasteiger charge is -2.30. The van der Waals surface area contributed by atoms with E-state index in [1.807, 2.05) is 20.8 Å². The SMILES string of the molecule is CC#Cc1cc(C(=O)NC(Cc2ccc(O)cc2)C(O)CN(CCC)NS(=O)(=O)C(C)C)cc(C(=O)N(CCC)CCC)c1. The summed E-state index contributed by atoms with van der Waals surface area (Å²) in [4.78, 5) is 31.5. The fraction of sp³-hybridized carbons (Fsp3) is 0.515. The summed E-state index contributed by atoms with van der Waals surface area (Å²) >= 11 is 0. The molecule has 0 aromatic heterocycles. The summed E-state index contributed by atoms with van der Waals surface area (Å²) in [6.07, 6.45) is 1.24. The van der Waals surface area contributed by atoms with Crippen LogP contribution >= 0.6 is 0 Å². The van der Waals surface area contributed by atoms with E-state index in [0.717, 1.165) is 18.4 Å². The predicted octanol–water partition coefficient (Wildman–Crippen LogP) is 3.68. The Hall–Kier alpha value is -3.43. The molecule has 2 atom stereocenters. The molecule has 0 saturated carbocycles. The number of rotatable bonds is 17. The standard InChI is InChI=1S/C33H48N4O6S/c1-7-11-26-19-27(22-28(20-26)33(41)36(16-8-2)17-9-3)32(40)34-30(21-25-12-14-29(38)15-13-25)31(39)23-37(18-10-4)35-44(42,43)24(5)6/h12-15,19-20,22,24,30-31,35,38-39H,8-10,16-18,21,23H2,1-6H3,(H,34,40). The van der Waals surface area contributed by atoms with Crippen LogP contribution in [-0.4, -0.2) is 83.9 Å². The van der Waals surface area contributed by atoms with Gasteiger partial charge in [0.2, 0.25) is 10.0 Å². The van der Waals surface area contributed by atoms with E-state index < -0.39 is 33.3 Å². The minimum Gasteiger partial charge on any atom is -0.508 e. The first-order valence-corrected chi connectivity index (χ1v) is 16.8. The molecule has 4 N–H and O–H groups in total. The van der Waals surface area contributed by atoms with Gasteiger partial charge >= 0.3 is 0 Å². The lowest BCUT2D eigenvalue weighted by Crippen LogP contribution is -2.54. The van der Waals surface area contributed by atoms with Gasteiger partial charge in [0, 0.05) is 42.9 Å². The lowest BCUT2D eigenvalue weighted by atomic mass is 9.99. The summed E-state index contributed by atoms with van der Waals surface area (Å²) in [7, 11) is -3.66. The maximum absolute atomic E-state index is 13.7. The number of benzene rings is 2. The number of aliphatic hydroxyl groups excluding tert-OH is 1. The molecule has 2 aromatic carbocycles. The summed E-state index contributed by atoms with van der Waals surface area (Å²) in [5.74, 6) is 5.16. The van der Waals surface area contributed by atoms with Gasteiger partial charge in [-0.25, -0.2) is 13.4 Å². The Labute approximate surface area is 262 Å². The van der Waals surface area contributed by atoms with Crippen LogP contribution in [-0.2, 0) is 16.4 Å². The number of nitrogens with zero attached hydrogens (tertiary/aromatic N) is 2. The van der Waals surface area contributed by atoms with Crippen LogP contribution in [0.2, 0.25) is 0 Å². The van der Waals surface area contributed by atoms with Gasteiger partial charge in [-0.05, 0) is 82.3 Å². The first kappa shape index (κ1) is 36.8. The predicted molar refractivity (Wildman–Crippen MR) is 174 cm³/mol. The minimum atomic E-state index is -3.66. The zero-order valence-electron chi connectivity index (χ0n) is 26.8. The Bertz CT molecular complexity index is 1390. The Morgan fingerprint density at radius 2 is 1.52 bits per heavy atom. The van der Waals surface area contributed by atoms with Crippen LogP contribution in [0.4, 0.5) is 0 Å². The highest BCUT2D eigenvalue weighted by molar-refractivity contribution is 7.90. The van der Waals surface area contributed by atoms with Gasteiger partial charge in [-0.1, -0.05) is 38.8 Å². The summed E-state index contributed by atoms with van der Waals surface area (Å²) in [6, 6.07) is 10.4. The van der Waals surface area contributed by atoms with Gasteiger partial charge in [0.1, 0.15) is 5.75 Å². The molecule has 44 heavy (non-hydrogen) atoms. The highest BCUT2D eigenvalue weighted by Crippen LogP contribution is 2.17. The van der Waals surface area contributed by atoms with Crippen molar-refractivity contribution in [2.45, 2.75) is 84.6 Å². The lowest BCUT2D eigenvalue weighted by molar-refractivity contribution is 0.0618. The number of sulfonamides is 1. The second-order valence-electron chi connectivity index (χ2n) is 11.1. The number of nitrogens with one attached hydrogen (secondary N) is 2. The summed E-state index contributed by atoms with van der Waals surface area (Å²) in [6.45, 7) is 12.1. The van der Waals surface area contributed by atoms with E-state index in [-0.39, 0.29) is 30.2 Å². The number of hydrazine groups is 1. The Morgan fingerprint density at radius 1 is 0.932 bits per heavy atom. The van der Waals surface area contributed by atoms with Crippen molar-refractivity contribution in [3.8, 4) is 17.6 Å². The number of phenols is 1. The van der Waals surface area contributed by atoms with Gasteiger partial charge < -0.3 is 20.4 Å². The fourth-order valence-electron chi connectivity index (χ4n) is 4.64. The third-order valence-electron chi connectivity index (χ3n) is 6.94. The van der Waals surface area contributed by atoms with Crippen LogP contribution in [0.3, 0.4) is 0 Å². The molecule has 2 rings (SSSR count). The van der Waals surface area contributed by atoms with Crippen molar-refractivity contribution in [1.29, 1.82) is 0 Å². The molecule has 2 aromatic rings. The largest absolute Gasteiger partial charge is 0.508 e. The summed E-state index contributed by atoms with van der Waals surface area (Å²) in [5.41, 5.74) is 1.83. The maximum Gasteiger partial charge on any atom is 0.253 e. The van der Waals surface area contributed by atoms with Gasteiger partial charge in [0.05, 0.1) is 17.4 Å². The molecule has 2 unspecified atom stereocenters. The molecule has 0 fully saturated rings. The van der Waals surface area contributed by atoms with Crippen LogP contribution in [0.25, 0.3) is 0 Å². The van der Waals surface area contributed by atoms with Crippen LogP contribution < -0.4 is 10.1 Å². The molecule has 2 amide bonds. The Balaban J connectivity index is 2.45. The number of aliphatic hydroxyl groups is 1. The zero-order chi connectivity index (χ0) is 32.9. The Kier molecular flexibility index (Phi) is 14.8. The molecule has 0 heterocycles. The zero-order valence-corrected chi connectivity index (χ0v) is 27.6. The number of amides is 2. The molecule has 0 saturated heterocycles. The van der Waals surface area contributed by atoms with Crippen LogP contribution in [0, 0.1) is 11.8 Å². The Morgan fingerprint density at radius 3 is 2.07 bits per heavy atom. The number of carbonyl (C=O) groups excluding carboxylic acids is 2. The molecule has 11 heteroatoms. The van der Waals surface area contributed by atoms with E-state index >= 15 is 0 Å². The van der Waals surface area contributed by atoms with Gasteiger partial charge in [-0.15, -0.1) is 10.8 Å². The van der Waals surface area contributed by atoms with Gasteiger partial charge in [-0.3, -0.25) is 9.59 Å². The number of hydrogen-bond acceptors (Lipinski definition) is 7. The molecule has 0 aliphatic rings. The molecule has 0 aliphatic heterocycles. The first-order valence-electron chi connectivity index (χ1n) is 15.2. The topological polar surface area (TPSA) is 139 Å². The molecule has 0 spiro atoms. The molecule has 0 radical (unpaired) electrons. The van der Waals surface area contributed by atoms with Crippen molar-refractivity contribution in [3.05, 3.63) is 64.7 Å². The monoisotopic (exact) mass is 628 g/mol. The fourth-order valence-corrected chi connectivity index (χ4v) is 5.38. The van der Waals surface area contributed by atoms with Crippen molar-refractivity contribution >= 4 is 21.8 Å². The van der Waals surface area contributed by atoms with Crippen molar-refractivity contribution in [1.82, 2.24) is 20.1 Å². The number of phenolic OH excluding ortho intramolecular Hbond substituents is 1. The van der Waals surface area contributed by atoms with Crippen molar-refractivity contribution in [2.75, 3.05) is 26.2 Å². The van der Waals surface area contributed by atoms with E-state index in [0.29, 0.717) is 37.2 Å². The smallest absolute Gasteiger partial charge is 0.253 e. The summed E-state index contributed by atoms with van der Waals surface area (Å²) < 4.78 is 25.2. The van der Waals surface area contributed by atoms with Crippen LogP contribution in [0.5, 0.6) is 5.75 Å². The molecular formula is C33H48N4O6S. The van der Waals surface area contributed by atoms with Crippen molar-refractivity contribution in [2.24, 2.45) is 0 Å². The summed E-state index contributed by atoms with van der Waals surface area (Å²) in [5, 5.41) is 24.8. The van der Waals surface area contributed by atoms with Crippen LogP contribution in [0.15, 0.2) is 42.5 Å². The quantitative estimate of drug-likeness (QED) is 0.155. The first-order chi connectivity index (χ1) is 20.8. The molecule has 0 bridgehead atoms. The van der Waals surface area contributed by atoms with Gasteiger partial charge in [-0.2, -0.15) is 0 Å². The highest BCUT2D eigenvalue weighted by atomic mass is 32.2. The van der Waals surface area contributed by atoms with E-state index in [9.17, 15) is 28.2 Å². The van der Waals surface area contributed by atoms with Crippen LogP contribution in [0.1, 0.15) is 92.6 Å². The van der Waals surface area contributed by atoms with E-state index in [1.54, 1.807) is 56.0 Å². The third-order valence-corrected chi connectivity index (χ3v) is 8.69. The molecule has 10 nitrogen and oxygen atoms in total. The van der Waals surface area contributed by atoms with Crippen molar-refractivity contribution < 1.29 is 28.2 Å². The molecule has 242 valence electrons. The second kappa shape index (κ2) is 17.8. The second-order valence-corrected chi connectivity index (χ2v) is 13.3. The minimum absolute atomic E-state index is 0.0818. The maximum atomic E-state index is 13.7. The van der Waals surface area contributed by atoms with E-state index in [1.165, 1.54) is 17.1 Å². The van der Waals surface area contributed by atoms with Gasteiger partial charge in [0.25, 0.3) is 11.8 Å². The highest BCUT2D eigenvalue weighted by Gasteiger charge is 2.28. The third kappa shape index (κ3) is 11.2. The van der Waals surface area contributed by atoms with Crippen molar-refractivity contribution in [3.63, 3.8) is 0 Å². The average Bonchev–Trinajstić information content (AvgIpc) is 2.97. The number of carbonyl (C=O) groups is 2.